The Balaban J connectivity index is 1.37. The Hall–Kier alpha value is -1.68. The summed E-state index contributed by atoms with van der Waals surface area (Å²) in [5.41, 5.74) is 3.96. The van der Waals surface area contributed by atoms with Crippen molar-refractivity contribution in [3.63, 3.8) is 0 Å². The fraction of sp³-hybridized carbons (Fsp3) is 0.455. The minimum absolute atomic E-state index is 0.282. The highest BCUT2D eigenvalue weighted by atomic mass is 16.7. The van der Waals surface area contributed by atoms with Crippen LogP contribution in [0.2, 0.25) is 0 Å². The SMILES string of the molecule is c1ccc(COCc2ccccc2C2CCC3(CC2)OCCO3)cc1. The normalized spacial score (nSPS) is 20.2. The Kier molecular flexibility index (Phi) is 5.16. The summed E-state index contributed by atoms with van der Waals surface area (Å²) >= 11 is 0. The highest BCUT2D eigenvalue weighted by molar-refractivity contribution is 5.30. The van der Waals surface area contributed by atoms with Gasteiger partial charge in [-0.15, -0.1) is 0 Å². The van der Waals surface area contributed by atoms with Crippen molar-refractivity contribution in [3.05, 3.63) is 71.3 Å². The van der Waals surface area contributed by atoms with Crippen LogP contribution < -0.4 is 0 Å². The maximum atomic E-state index is 5.98. The van der Waals surface area contributed by atoms with Gasteiger partial charge in [-0.2, -0.15) is 0 Å². The molecule has 2 aromatic rings. The van der Waals surface area contributed by atoms with Gasteiger partial charge in [0.2, 0.25) is 0 Å². The molecule has 1 aliphatic heterocycles. The van der Waals surface area contributed by atoms with E-state index in [1.807, 2.05) is 6.07 Å². The topological polar surface area (TPSA) is 27.7 Å². The molecular formula is C22H26O3. The third-order valence-electron chi connectivity index (χ3n) is 5.42. The Bertz CT molecular complexity index is 667. The predicted molar refractivity (Wildman–Crippen MR) is 97.2 cm³/mol. The summed E-state index contributed by atoms with van der Waals surface area (Å²) in [5.74, 6) is 0.296. The van der Waals surface area contributed by atoms with Gasteiger partial charge < -0.3 is 14.2 Å². The number of rotatable bonds is 5. The third-order valence-corrected chi connectivity index (χ3v) is 5.42. The first kappa shape index (κ1) is 16.8. The van der Waals surface area contributed by atoms with Crippen LogP contribution in [-0.4, -0.2) is 19.0 Å². The lowest BCUT2D eigenvalue weighted by Gasteiger charge is -2.36. The van der Waals surface area contributed by atoms with Gasteiger partial charge in [-0.1, -0.05) is 54.6 Å². The van der Waals surface area contributed by atoms with Crippen LogP contribution in [0.4, 0.5) is 0 Å². The fourth-order valence-electron chi connectivity index (χ4n) is 4.07. The average Bonchev–Trinajstić information content (AvgIpc) is 3.12. The van der Waals surface area contributed by atoms with Crippen molar-refractivity contribution in [2.24, 2.45) is 0 Å². The van der Waals surface area contributed by atoms with Gasteiger partial charge in [0.25, 0.3) is 0 Å². The number of benzene rings is 2. The number of ether oxygens (including phenoxy) is 3. The van der Waals surface area contributed by atoms with Crippen LogP contribution in [0, 0.1) is 0 Å². The van der Waals surface area contributed by atoms with Crippen molar-refractivity contribution in [2.75, 3.05) is 13.2 Å². The van der Waals surface area contributed by atoms with Gasteiger partial charge in [0, 0.05) is 12.8 Å². The molecule has 3 heteroatoms. The van der Waals surface area contributed by atoms with E-state index in [2.05, 4.69) is 48.5 Å². The van der Waals surface area contributed by atoms with E-state index in [-0.39, 0.29) is 5.79 Å². The van der Waals surface area contributed by atoms with Gasteiger partial charge in [-0.3, -0.25) is 0 Å². The molecule has 0 amide bonds. The summed E-state index contributed by atoms with van der Waals surface area (Å²) in [4.78, 5) is 0. The summed E-state index contributed by atoms with van der Waals surface area (Å²) < 4.78 is 17.7. The molecule has 1 aliphatic carbocycles. The zero-order valence-corrected chi connectivity index (χ0v) is 14.7. The maximum absolute atomic E-state index is 5.98. The second-order valence-electron chi connectivity index (χ2n) is 7.06. The summed E-state index contributed by atoms with van der Waals surface area (Å²) in [6.45, 7) is 2.81. The van der Waals surface area contributed by atoms with Crippen LogP contribution in [0.1, 0.15) is 48.3 Å². The second kappa shape index (κ2) is 7.69. The third kappa shape index (κ3) is 3.95. The van der Waals surface area contributed by atoms with Crippen LogP contribution in [-0.2, 0) is 27.4 Å². The molecule has 25 heavy (non-hydrogen) atoms. The zero-order valence-electron chi connectivity index (χ0n) is 14.7. The highest BCUT2D eigenvalue weighted by Gasteiger charge is 2.40. The molecule has 1 spiro atoms. The first-order chi connectivity index (χ1) is 12.3. The molecule has 1 heterocycles. The molecule has 1 saturated heterocycles. The molecule has 2 aliphatic rings. The summed E-state index contributed by atoms with van der Waals surface area (Å²) in [6.07, 6.45) is 4.24. The molecule has 3 nitrogen and oxygen atoms in total. The van der Waals surface area contributed by atoms with Crippen molar-refractivity contribution in [3.8, 4) is 0 Å². The first-order valence-corrected chi connectivity index (χ1v) is 9.32. The molecule has 0 radical (unpaired) electrons. The molecule has 0 atom stereocenters. The number of hydrogen-bond acceptors (Lipinski definition) is 3. The van der Waals surface area contributed by atoms with Crippen molar-refractivity contribution in [1.82, 2.24) is 0 Å². The van der Waals surface area contributed by atoms with Crippen LogP contribution in [0.3, 0.4) is 0 Å². The first-order valence-electron chi connectivity index (χ1n) is 9.32. The lowest BCUT2D eigenvalue weighted by molar-refractivity contribution is -0.178. The molecule has 2 aromatic carbocycles. The van der Waals surface area contributed by atoms with E-state index in [9.17, 15) is 0 Å². The predicted octanol–water partition coefficient (Wildman–Crippen LogP) is 4.80. The minimum Gasteiger partial charge on any atom is -0.372 e. The highest BCUT2D eigenvalue weighted by Crippen LogP contribution is 2.43. The van der Waals surface area contributed by atoms with E-state index < -0.39 is 0 Å². The van der Waals surface area contributed by atoms with Crippen molar-refractivity contribution in [2.45, 2.75) is 50.6 Å². The standard InChI is InChI=1S/C22H26O3/c1-2-6-18(7-3-1)16-23-17-20-8-4-5-9-21(20)19-10-12-22(13-11-19)24-14-15-25-22/h1-9,19H,10-17H2. The minimum atomic E-state index is -0.282. The lowest BCUT2D eigenvalue weighted by atomic mass is 9.79. The molecule has 132 valence electrons. The van der Waals surface area contributed by atoms with Gasteiger partial charge in [0.15, 0.2) is 5.79 Å². The molecule has 0 aromatic heterocycles. The molecular weight excluding hydrogens is 312 g/mol. The molecule has 1 saturated carbocycles. The summed E-state index contributed by atoms with van der Waals surface area (Å²) in [6, 6.07) is 19.1. The smallest absolute Gasteiger partial charge is 0.168 e. The second-order valence-corrected chi connectivity index (χ2v) is 7.06. The fourth-order valence-corrected chi connectivity index (χ4v) is 4.07. The van der Waals surface area contributed by atoms with Gasteiger partial charge in [0.1, 0.15) is 0 Å². The Labute approximate surface area is 149 Å². The van der Waals surface area contributed by atoms with Crippen LogP contribution in [0.15, 0.2) is 54.6 Å². The Morgan fingerprint density at radius 1 is 0.840 bits per heavy atom. The lowest BCUT2D eigenvalue weighted by Crippen LogP contribution is -2.34. The van der Waals surface area contributed by atoms with Crippen LogP contribution in [0.25, 0.3) is 0 Å². The molecule has 2 fully saturated rings. The van der Waals surface area contributed by atoms with Gasteiger partial charge >= 0.3 is 0 Å². The summed E-state index contributed by atoms with van der Waals surface area (Å²) in [7, 11) is 0. The van der Waals surface area contributed by atoms with E-state index in [1.165, 1.54) is 16.7 Å². The van der Waals surface area contributed by atoms with Crippen LogP contribution >= 0.6 is 0 Å². The molecule has 0 bridgehead atoms. The number of hydrogen-bond donors (Lipinski definition) is 0. The van der Waals surface area contributed by atoms with E-state index in [0.29, 0.717) is 19.1 Å². The van der Waals surface area contributed by atoms with E-state index in [4.69, 9.17) is 14.2 Å². The molecule has 0 N–H and O–H groups in total. The quantitative estimate of drug-likeness (QED) is 0.783. The zero-order chi connectivity index (χ0) is 17.0. The van der Waals surface area contributed by atoms with E-state index in [0.717, 1.165) is 38.9 Å². The van der Waals surface area contributed by atoms with Crippen molar-refractivity contribution >= 4 is 0 Å². The van der Waals surface area contributed by atoms with Gasteiger partial charge in [0.05, 0.1) is 26.4 Å². The largest absolute Gasteiger partial charge is 0.372 e. The Morgan fingerprint density at radius 3 is 2.28 bits per heavy atom. The van der Waals surface area contributed by atoms with Crippen molar-refractivity contribution < 1.29 is 14.2 Å². The Morgan fingerprint density at radius 2 is 1.52 bits per heavy atom. The van der Waals surface area contributed by atoms with E-state index >= 15 is 0 Å². The summed E-state index contributed by atoms with van der Waals surface area (Å²) in [5, 5.41) is 0. The monoisotopic (exact) mass is 338 g/mol. The van der Waals surface area contributed by atoms with Crippen molar-refractivity contribution in [1.29, 1.82) is 0 Å². The maximum Gasteiger partial charge on any atom is 0.168 e. The average molecular weight is 338 g/mol. The van der Waals surface area contributed by atoms with Crippen LogP contribution in [0.5, 0.6) is 0 Å². The van der Waals surface area contributed by atoms with Gasteiger partial charge in [-0.05, 0) is 35.4 Å². The molecule has 0 unspecified atom stereocenters. The van der Waals surface area contributed by atoms with Gasteiger partial charge in [-0.25, -0.2) is 0 Å². The van der Waals surface area contributed by atoms with E-state index in [1.54, 1.807) is 0 Å². The molecule has 4 rings (SSSR count).